The van der Waals surface area contributed by atoms with Crippen molar-refractivity contribution in [2.45, 2.75) is 31.7 Å². The third-order valence-corrected chi connectivity index (χ3v) is 4.90. The Labute approximate surface area is 122 Å². The predicted octanol–water partition coefficient (Wildman–Crippen LogP) is 2.12. The van der Waals surface area contributed by atoms with Crippen molar-refractivity contribution >= 4 is 0 Å². The lowest BCUT2D eigenvalue weighted by molar-refractivity contribution is 0.185. The molecule has 3 rings (SSSR count). The van der Waals surface area contributed by atoms with Crippen LogP contribution in [0.1, 0.15) is 42.9 Å². The third kappa shape index (κ3) is 3.22. The van der Waals surface area contributed by atoms with E-state index in [1.54, 1.807) is 5.56 Å². The molecule has 0 aliphatic carbocycles. The predicted molar refractivity (Wildman–Crippen MR) is 84.1 cm³/mol. The lowest BCUT2D eigenvalue weighted by Gasteiger charge is -2.33. The smallest absolute Gasteiger partial charge is 0.0321 e. The molecule has 2 heterocycles. The minimum absolute atomic E-state index is 0.541. The molecule has 2 aliphatic heterocycles. The summed E-state index contributed by atoms with van der Waals surface area (Å²) in [4.78, 5) is 2.60. The zero-order valence-corrected chi connectivity index (χ0v) is 12.6. The first-order valence-electron chi connectivity index (χ1n) is 8.10. The average molecular weight is 273 g/mol. The standard InChI is InChI=1S/C17H27N3/c1-14(20-11-9-19-10-12-20)16-3-2-4-17(13-16)15-5-7-18-8-6-15/h2-4,13-15,18-19H,5-12H2,1H3. The van der Waals surface area contributed by atoms with Gasteiger partial charge in [0.15, 0.2) is 0 Å². The van der Waals surface area contributed by atoms with E-state index in [1.165, 1.54) is 44.6 Å². The van der Waals surface area contributed by atoms with Gasteiger partial charge in [0, 0.05) is 32.2 Å². The van der Waals surface area contributed by atoms with E-state index in [0.717, 1.165) is 19.0 Å². The first kappa shape index (κ1) is 14.1. The van der Waals surface area contributed by atoms with Crippen molar-refractivity contribution in [3.8, 4) is 0 Å². The minimum atomic E-state index is 0.541. The Hall–Kier alpha value is -0.900. The van der Waals surface area contributed by atoms with E-state index < -0.39 is 0 Å². The fourth-order valence-corrected chi connectivity index (χ4v) is 3.51. The van der Waals surface area contributed by atoms with Crippen LogP contribution in [0.15, 0.2) is 24.3 Å². The van der Waals surface area contributed by atoms with E-state index in [-0.39, 0.29) is 0 Å². The van der Waals surface area contributed by atoms with Crippen molar-refractivity contribution in [2.75, 3.05) is 39.3 Å². The summed E-state index contributed by atoms with van der Waals surface area (Å²) in [6.07, 6.45) is 2.57. The molecule has 2 N–H and O–H groups in total. The molecule has 0 amide bonds. The van der Waals surface area contributed by atoms with Gasteiger partial charge in [-0.1, -0.05) is 24.3 Å². The van der Waals surface area contributed by atoms with Crippen LogP contribution in [0.25, 0.3) is 0 Å². The summed E-state index contributed by atoms with van der Waals surface area (Å²) in [5.74, 6) is 0.756. The zero-order valence-electron chi connectivity index (χ0n) is 12.6. The number of piperidine rings is 1. The Balaban J connectivity index is 1.72. The lowest BCUT2D eigenvalue weighted by atomic mass is 9.88. The Morgan fingerprint density at radius 2 is 1.75 bits per heavy atom. The summed E-state index contributed by atoms with van der Waals surface area (Å²) in [5.41, 5.74) is 3.04. The van der Waals surface area contributed by atoms with Gasteiger partial charge < -0.3 is 10.6 Å². The van der Waals surface area contributed by atoms with Crippen LogP contribution < -0.4 is 10.6 Å². The van der Waals surface area contributed by atoms with E-state index >= 15 is 0 Å². The fourth-order valence-electron chi connectivity index (χ4n) is 3.51. The van der Waals surface area contributed by atoms with Crippen molar-refractivity contribution in [2.24, 2.45) is 0 Å². The maximum atomic E-state index is 3.46. The van der Waals surface area contributed by atoms with Gasteiger partial charge in [-0.15, -0.1) is 0 Å². The highest BCUT2D eigenvalue weighted by Crippen LogP contribution is 2.28. The molecule has 1 aromatic rings. The first-order chi connectivity index (χ1) is 9.84. The third-order valence-electron chi connectivity index (χ3n) is 4.90. The topological polar surface area (TPSA) is 27.3 Å². The molecule has 2 fully saturated rings. The minimum Gasteiger partial charge on any atom is -0.317 e. The number of rotatable bonds is 3. The summed E-state index contributed by atoms with van der Waals surface area (Å²) in [5, 5.41) is 6.89. The number of nitrogens with one attached hydrogen (secondary N) is 2. The van der Waals surface area contributed by atoms with Crippen LogP contribution in [-0.2, 0) is 0 Å². The molecule has 1 unspecified atom stereocenters. The number of hydrogen-bond donors (Lipinski definition) is 2. The molecular formula is C17H27N3. The van der Waals surface area contributed by atoms with E-state index in [4.69, 9.17) is 0 Å². The normalized spacial score (nSPS) is 23.6. The van der Waals surface area contributed by atoms with E-state index in [2.05, 4.69) is 46.7 Å². The van der Waals surface area contributed by atoms with E-state index in [1.807, 2.05) is 0 Å². The Morgan fingerprint density at radius 3 is 2.50 bits per heavy atom. The molecule has 3 heteroatoms. The lowest BCUT2D eigenvalue weighted by Crippen LogP contribution is -2.44. The van der Waals surface area contributed by atoms with Gasteiger partial charge >= 0.3 is 0 Å². The molecule has 0 spiro atoms. The molecule has 0 bridgehead atoms. The molecule has 110 valence electrons. The Kier molecular flexibility index (Phi) is 4.71. The SMILES string of the molecule is CC(c1cccc(C2CCNCC2)c1)N1CCNCC1. The Morgan fingerprint density at radius 1 is 1.05 bits per heavy atom. The highest BCUT2D eigenvalue weighted by molar-refractivity contribution is 5.29. The maximum absolute atomic E-state index is 3.46. The van der Waals surface area contributed by atoms with Gasteiger partial charge in [0.2, 0.25) is 0 Å². The van der Waals surface area contributed by atoms with Gasteiger partial charge in [-0.25, -0.2) is 0 Å². The largest absolute Gasteiger partial charge is 0.317 e. The molecule has 20 heavy (non-hydrogen) atoms. The second-order valence-corrected chi connectivity index (χ2v) is 6.16. The number of benzene rings is 1. The molecule has 1 atom stereocenters. The number of piperazine rings is 1. The van der Waals surface area contributed by atoms with Crippen molar-refractivity contribution in [3.05, 3.63) is 35.4 Å². The van der Waals surface area contributed by atoms with Crippen LogP contribution in [0, 0.1) is 0 Å². The van der Waals surface area contributed by atoms with Crippen LogP contribution in [0.5, 0.6) is 0 Å². The zero-order chi connectivity index (χ0) is 13.8. The quantitative estimate of drug-likeness (QED) is 0.883. The van der Waals surface area contributed by atoms with Gasteiger partial charge in [0.1, 0.15) is 0 Å². The van der Waals surface area contributed by atoms with Crippen molar-refractivity contribution in [1.29, 1.82) is 0 Å². The van der Waals surface area contributed by atoms with Crippen LogP contribution in [0.4, 0.5) is 0 Å². The molecule has 0 saturated carbocycles. The van der Waals surface area contributed by atoms with Crippen molar-refractivity contribution < 1.29 is 0 Å². The average Bonchev–Trinajstić information content (AvgIpc) is 2.56. The Bertz CT molecular complexity index is 420. The molecular weight excluding hydrogens is 246 g/mol. The molecule has 1 aromatic carbocycles. The van der Waals surface area contributed by atoms with Crippen molar-refractivity contribution in [1.82, 2.24) is 15.5 Å². The van der Waals surface area contributed by atoms with Gasteiger partial charge in [-0.05, 0) is 49.9 Å². The molecule has 0 radical (unpaired) electrons. The summed E-state index contributed by atoms with van der Waals surface area (Å²) in [6.45, 7) is 9.27. The van der Waals surface area contributed by atoms with Crippen LogP contribution in [0.3, 0.4) is 0 Å². The number of nitrogens with zero attached hydrogens (tertiary/aromatic N) is 1. The molecule has 2 saturated heterocycles. The maximum Gasteiger partial charge on any atom is 0.0321 e. The van der Waals surface area contributed by atoms with E-state index in [9.17, 15) is 0 Å². The molecule has 2 aliphatic rings. The van der Waals surface area contributed by atoms with E-state index in [0.29, 0.717) is 6.04 Å². The van der Waals surface area contributed by atoms with Gasteiger partial charge in [-0.2, -0.15) is 0 Å². The summed E-state index contributed by atoms with van der Waals surface area (Å²) in [6, 6.07) is 9.88. The second-order valence-electron chi connectivity index (χ2n) is 6.16. The van der Waals surface area contributed by atoms with Crippen LogP contribution >= 0.6 is 0 Å². The number of hydrogen-bond acceptors (Lipinski definition) is 3. The summed E-state index contributed by atoms with van der Waals surface area (Å²) < 4.78 is 0. The molecule has 3 nitrogen and oxygen atoms in total. The summed E-state index contributed by atoms with van der Waals surface area (Å²) >= 11 is 0. The summed E-state index contributed by atoms with van der Waals surface area (Å²) in [7, 11) is 0. The highest BCUT2D eigenvalue weighted by atomic mass is 15.2. The van der Waals surface area contributed by atoms with Gasteiger partial charge in [0.05, 0.1) is 0 Å². The monoisotopic (exact) mass is 273 g/mol. The van der Waals surface area contributed by atoms with Gasteiger partial charge in [-0.3, -0.25) is 4.90 Å². The first-order valence-corrected chi connectivity index (χ1v) is 8.10. The second kappa shape index (κ2) is 6.70. The van der Waals surface area contributed by atoms with Gasteiger partial charge in [0.25, 0.3) is 0 Å². The van der Waals surface area contributed by atoms with Crippen LogP contribution in [0.2, 0.25) is 0 Å². The molecule has 0 aromatic heterocycles. The van der Waals surface area contributed by atoms with Crippen molar-refractivity contribution in [3.63, 3.8) is 0 Å². The van der Waals surface area contributed by atoms with Crippen LogP contribution in [-0.4, -0.2) is 44.2 Å². The fraction of sp³-hybridized carbons (Fsp3) is 0.647. The highest BCUT2D eigenvalue weighted by Gasteiger charge is 2.20.